The van der Waals surface area contributed by atoms with Crippen molar-refractivity contribution in [2.45, 2.75) is 13.0 Å². The van der Waals surface area contributed by atoms with Crippen LogP contribution in [0.25, 0.3) is 0 Å². The van der Waals surface area contributed by atoms with Gasteiger partial charge in [-0.05, 0) is 17.9 Å². The Morgan fingerprint density at radius 1 is 1.23 bits per heavy atom. The molecule has 0 saturated heterocycles. The van der Waals surface area contributed by atoms with Crippen LogP contribution in [0.1, 0.15) is 26.5 Å². The highest BCUT2D eigenvalue weighted by Gasteiger charge is 2.14. The molecule has 0 aliphatic rings. The number of halogens is 1. The second kappa shape index (κ2) is 9.45. The first-order valence-corrected chi connectivity index (χ1v) is 7.53. The Morgan fingerprint density at radius 2 is 1.95 bits per heavy atom. The Bertz CT molecular complexity index is 600. The van der Waals surface area contributed by atoms with Crippen LogP contribution in [0.4, 0.5) is 0 Å². The number of amides is 1. The van der Waals surface area contributed by atoms with Gasteiger partial charge >= 0.3 is 0 Å². The average Bonchev–Trinajstić information content (AvgIpc) is 3.02. The molecule has 0 spiro atoms. The molecule has 2 N–H and O–H groups in total. The maximum Gasteiger partial charge on any atom is 0.251 e. The van der Waals surface area contributed by atoms with E-state index in [-0.39, 0.29) is 41.8 Å². The number of ketones is 1. The zero-order chi connectivity index (χ0) is 15.1. The molecule has 1 amide bonds. The summed E-state index contributed by atoms with van der Waals surface area (Å²) < 4.78 is 1.74. The molecule has 0 aliphatic heterocycles. The van der Waals surface area contributed by atoms with Crippen molar-refractivity contribution >= 4 is 23.0 Å². The van der Waals surface area contributed by atoms with Gasteiger partial charge in [-0.1, -0.05) is 6.07 Å². The fraction of sp³-hybridized carbons (Fsp3) is 0.267. The number of hydrogen-bond acceptors (Lipinski definition) is 4. The second-order valence-corrected chi connectivity index (χ2v) is 5.44. The zero-order valence-electron chi connectivity index (χ0n) is 11.9. The van der Waals surface area contributed by atoms with Crippen LogP contribution in [-0.4, -0.2) is 29.9 Å². The molecular formula is C15H17BrN2O3S. The van der Waals surface area contributed by atoms with E-state index in [2.05, 4.69) is 5.32 Å². The molecule has 0 fully saturated rings. The Hall–Kier alpha value is -1.57. The zero-order valence-corrected chi connectivity index (χ0v) is 14.3. The predicted molar refractivity (Wildman–Crippen MR) is 79.3 cm³/mol. The number of hydrogen-bond donors (Lipinski definition) is 2. The van der Waals surface area contributed by atoms with Crippen molar-refractivity contribution in [2.24, 2.45) is 0 Å². The molecule has 22 heavy (non-hydrogen) atoms. The molecule has 0 radical (unpaired) electrons. The van der Waals surface area contributed by atoms with Gasteiger partial charge in [-0.25, -0.2) is 0 Å². The molecule has 7 heteroatoms. The lowest BCUT2D eigenvalue weighted by Gasteiger charge is -2.03. The van der Waals surface area contributed by atoms with Crippen LogP contribution >= 0.6 is 11.3 Å². The normalized spacial score (nSPS) is 9.86. The van der Waals surface area contributed by atoms with Gasteiger partial charge < -0.3 is 27.4 Å². The maximum absolute atomic E-state index is 12.0. The third-order valence-electron chi connectivity index (χ3n) is 2.90. The third kappa shape index (κ3) is 5.32. The highest BCUT2D eigenvalue weighted by atomic mass is 79.9. The van der Waals surface area contributed by atoms with Gasteiger partial charge in [-0.15, -0.1) is 11.3 Å². The van der Waals surface area contributed by atoms with Gasteiger partial charge in [0.15, 0.2) is 12.4 Å². The lowest BCUT2D eigenvalue weighted by Crippen LogP contribution is -3.00. The third-order valence-corrected chi connectivity index (χ3v) is 3.81. The van der Waals surface area contributed by atoms with E-state index in [0.29, 0.717) is 18.5 Å². The molecule has 0 unspecified atom stereocenters. The first kappa shape index (κ1) is 18.5. The van der Waals surface area contributed by atoms with Gasteiger partial charge in [-0.3, -0.25) is 9.59 Å². The van der Waals surface area contributed by atoms with Crippen LogP contribution in [0.15, 0.2) is 42.0 Å². The maximum atomic E-state index is 12.0. The van der Waals surface area contributed by atoms with E-state index in [1.165, 1.54) is 11.3 Å². The molecule has 0 aliphatic carbocycles. The standard InChI is InChI=1S/C15H16N2O3S.BrH/c18-9-2-6-16-15(20)12-4-7-17(8-5-12)11-13(19)14-3-1-10-21-14;/h1,3-5,7-8,10,18H,2,6,9,11H2;1H. The minimum absolute atomic E-state index is 0. The summed E-state index contributed by atoms with van der Waals surface area (Å²) in [5, 5.41) is 13.2. The minimum Gasteiger partial charge on any atom is -1.00 e. The van der Waals surface area contributed by atoms with Crippen molar-refractivity contribution in [1.82, 2.24) is 5.32 Å². The molecule has 0 saturated carbocycles. The average molecular weight is 385 g/mol. The van der Waals surface area contributed by atoms with Crippen LogP contribution in [0.3, 0.4) is 0 Å². The summed E-state index contributed by atoms with van der Waals surface area (Å²) in [6.45, 7) is 0.758. The molecule has 0 aromatic carbocycles. The molecule has 2 heterocycles. The van der Waals surface area contributed by atoms with Crippen molar-refractivity contribution in [3.63, 3.8) is 0 Å². The molecule has 5 nitrogen and oxygen atoms in total. The number of thiophene rings is 1. The number of nitrogens with zero attached hydrogens (tertiary/aromatic N) is 1. The monoisotopic (exact) mass is 384 g/mol. The molecule has 118 valence electrons. The van der Waals surface area contributed by atoms with Crippen molar-refractivity contribution in [3.8, 4) is 0 Å². The molecular weight excluding hydrogens is 368 g/mol. The number of carbonyl (C=O) groups excluding carboxylic acids is 2. The summed E-state index contributed by atoms with van der Waals surface area (Å²) in [5.41, 5.74) is 0.535. The van der Waals surface area contributed by atoms with Crippen molar-refractivity contribution in [2.75, 3.05) is 13.2 Å². The fourth-order valence-corrected chi connectivity index (χ4v) is 2.43. The van der Waals surface area contributed by atoms with E-state index >= 15 is 0 Å². The van der Waals surface area contributed by atoms with E-state index in [1.54, 1.807) is 35.2 Å². The van der Waals surface area contributed by atoms with E-state index < -0.39 is 0 Å². The van der Waals surface area contributed by atoms with Gasteiger partial charge in [0.2, 0.25) is 12.3 Å². The molecule has 2 aromatic rings. The number of aliphatic hydroxyl groups is 1. The van der Waals surface area contributed by atoms with Crippen molar-refractivity contribution in [1.29, 1.82) is 0 Å². The highest BCUT2D eigenvalue weighted by molar-refractivity contribution is 7.12. The SMILES string of the molecule is O=C(NCCCO)c1cc[n+](CC(=O)c2cccs2)cc1.[Br-]. The van der Waals surface area contributed by atoms with Crippen LogP contribution < -0.4 is 26.9 Å². The van der Waals surface area contributed by atoms with Gasteiger partial charge in [0.25, 0.3) is 5.91 Å². The molecule has 0 atom stereocenters. The van der Waals surface area contributed by atoms with E-state index in [0.717, 1.165) is 4.88 Å². The van der Waals surface area contributed by atoms with E-state index in [1.807, 2.05) is 11.4 Å². The fourth-order valence-electron chi connectivity index (χ4n) is 1.78. The topological polar surface area (TPSA) is 70.3 Å². The quantitative estimate of drug-likeness (QED) is 0.330. The van der Waals surface area contributed by atoms with Crippen LogP contribution in [0.2, 0.25) is 0 Å². The van der Waals surface area contributed by atoms with E-state index in [9.17, 15) is 9.59 Å². The number of pyridine rings is 1. The summed E-state index contributed by atoms with van der Waals surface area (Å²) in [4.78, 5) is 24.5. The van der Waals surface area contributed by atoms with E-state index in [4.69, 9.17) is 5.11 Å². The number of nitrogens with one attached hydrogen (secondary N) is 1. The van der Waals surface area contributed by atoms with Crippen LogP contribution in [0.5, 0.6) is 0 Å². The molecule has 2 aromatic heterocycles. The number of carbonyl (C=O) groups is 2. The lowest BCUT2D eigenvalue weighted by molar-refractivity contribution is -0.683. The number of Topliss-reactive ketones (excluding diaryl/α,β-unsaturated/α-hetero) is 1. The largest absolute Gasteiger partial charge is 1.00 e. The van der Waals surface area contributed by atoms with Crippen LogP contribution in [-0.2, 0) is 6.54 Å². The first-order chi connectivity index (χ1) is 10.2. The van der Waals surface area contributed by atoms with Crippen LogP contribution in [0, 0.1) is 0 Å². The Morgan fingerprint density at radius 3 is 2.55 bits per heavy atom. The predicted octanol–water partition coefficient (Wildman–Crippen LogP) is -1.97. The number of aliphatic hydroxyl groups excluding tert-OH is 1. The first-order valence-electron chi connectivity index (χ1n) is 6.65. The summed E-state index contributed by atoms with van der Waals surface area (Å²) in [6.07, 6.45) is 3.97. The summed E-state index contributed by atoms with van der Waals surface area (Å²) in [5.74, 6) is -0.129. The van der Waals surface area contributed by atoms with Gasteiger partial charge in [0.05, 0.1) is 10.4 Å². The summed E-state index contributed by atoms with van der Waals surface area (Å²) in [6, 6.07) is 7.00. The molecule has 2 rings (SSSR count). The van der Waals surface area contributed by atoms with Gasteiger partial charge in [0, 0.05) is 25.3 Å². The summed E-state index contributed by atoms with van der Waals surface area (Å²) in [7, 11) is 0. The Balaban J connectivity index is 0.00000242. The highest BCUT2D eigenvalue weighted by Crippen LogP contribution is 2.09. The van der Waals surface area contributed by atoms with Crippen molar-refractivity contribution in [3.05, 3.63) is 52.5 Å². The smallest absolute Gasteiger partial charge is 0.251 e. The number of aromatic nitrogens is 1. The Labute approximate surface area is 143 Å². The summed E-state index contributed by atoms with van der Waals surface area (Å²) >= 11 is 1.42. The van der Waals surface area contributed by atoms with Gasteiger partial charge in [0.1, 0.15) is 0 Å². The van der Waals surface area contributed by atoms with Gasteiger partial charge in [-0.2, -0.15) is 4.57 Å². The minimum atomic E-state index is -0.180. The lowest BCUT2D eigenvalue weighted by atomic mass is 10.2. The van der Waals surface area contributed by atoms with Crippen molar-refractivity contribution < 1.29 is 36.2 Å². The molecule has 0 bridgehead atoms. The Kier molecular flexibility index (Phi) is 7.94. The second-order valence-electron chi connectivity index (χ2n) is 4.49. The number of rotatable bonds is 7.